The second kappa shape index (κ2) is 7.22. The van der Waals surface area contributed by atoms with Crippen molar-refractivity contribution in [3.63, 3.8) is 0 Å². The number of imidazole rings is 1. The van der Waals surface area contributed by atoms with Crippen LogP contribution in [0.5, 0.6) is 0 Å². The molecule has 3 N–H and O–H groups in total. The molecule has 0 amide bonds. The number of nitrogens with one attached hydrogen (secondary N) is 1. The van der Waals surface area contributed by atoms with Crippen LogP contribution >= 0.6 is 0 Å². The molecule has 0 saturated heterocycles. The molecule has 0 saturated carbocycles. The smallest absolute Gasteiger partial charge is 0.110 e. The van der Waals surface area contributed by atoms with E-state index in [4.69, 9.17) is 10.5 Å². The number of nitrogens with two attached hydrogens (primary N) is 1. The van der Waals surface area contributed by atoms with Crippen LogP contribution in [-0.2, 0) is 11.2 Å². The van der Waals surface area contributed by atoms with Gasteiger partial charge in [-0.25, -0.2) is 4.98 Å². The van der Waals surface area contributed by atoms with E-state index >= 15 is 0 Å². The molecule has 2 aromatic rings. The summed E-state index contributed by atoms with van der Waals surface area (Å²) in [5.41, 5.74) is 9.24. The molecule has 0 bridgehead atoms. The van der Waals surface area contributed by atoms with Crippen molar-refractivity contribution >= 4 is 0 Å². The Morgan fingerprint density at radius 3 is 2.65 bits per heavy atom. The van der Waals surface area contributed by atoms with Crippen LogP contribution in [0, 0.1) is 0 Å². The summed E-state index contributed by atoms with van der Waals surface area (Å²) in [7, 11) is 1.72. The number of nitrogens with zero attached hydrogens (tertiary/aromatic N) is 1. The molecular weight excluding hydrogens is 250 g/mol. The molecule has 4 nitrogen and oxygen atoms in total. The Labute approximate surface area is 120 Å². The fourth-order valence-electron chi connectivity index (χ4n) is 2.23. The van der Waals surface area contributed by atoms with Gasteiger partial charge in [0.15, 0.2) is 0 Å². The number of hydrogen-bond acceptors (Lipinski definition) is 3. The number of methoxy groups -OCH3 is 1. The number of H-pyrrole nitrogens is 1. The van der Waals surface area contributed by atoms with Crippen molar-refractivity contribution in [3.8, 4) is 11.3 Å². The van der Waals surface area contributed by atoms with E-state index in [-0.39, 0.29) is 0 Å². The van der Waals surface area contributed by atoms with Crippen LogP contribution in [-0.4, -0.2) is 30.2 Å². The van der Waals surface area contributed by atoms with Gasteiger partial charge in [0.05, 0.1) is 18.5 Å². The predicted octanol–water partition coefficient (Wildman–Crippen LogP) is 2.72. The van der Waals surface area contributed by atoms with Gasteiger partial charge < -0.3 is 15.5 Å². The van der Waals surface area contributed by atoms with E-state index < -0.39 is 0 Å². The first kappa shape index (κ1) is 14.8. The van der Waals surface area contributed by atoms with E-state index in [9.17, 15) is 0 Å². The van der Waals surface area contributed by atoms with Gasteiger partial charge in [0.2, 0.25) is 0 Å². The van der Waals surface area contributed by atoms with Gasteiger partial charge in [-0.05, 0) is 24.0 Å². The Balaban J connectivity index is 2.11. The molecule has 1 unspecified atom stereocenters. The van der Waals surface area contributed by atoms with Gasteiger partial charge in [-0.15, -0.1) is 0 Å². The molecule has 20 heavy (non-hydrogen) atoms. The lowest BCUT2D eigenvalue weighted by atomic mass is 10.1. The van der Waals surface area contributed by atoms with Crippen molar-refractivity contribution in [1.82, 2.24) is 9.97 Å². The van der Waals surface area contributed by atoms with Crippen LogP contribution in [0.4, 0.5) is 0 Å². The molecular formula is C16H23N3O. The van der Waals surface area contributed by atoms with Crippen LogP contribution in [0.25, 0.3) is 11.3 Å². The number of hydrogen-bond donors (Lipinski definition) is 2. The maximum atomic E-state index is 5.76. The molecule has 0 aliphatic carbocycles. The van der Waals surface area contributed by atoms with Crippen molar-refractivity contribution in [2.24, 2.45) is 5.73 Å². The van der Waals surface area contributed by atoms with Crippen molar-refractivity contribution in [3.05, 3.63) is 41.9 Å². The highest BCUT2D eigenvalue weighted by molar-refractivity contribution is 5.58. The summed E-state index contributed by atoms with van der Waals surface area (Å²) in [6, 6.07) is 8.50. The quantitative estimate of drug-likeness (QED) is 0.815. The summed E-state index contributed by atoms with van der Waals surface area (Å²) in [4.78, 5) is 7.83. The first-order chi connectivity index (χ1) is 9.78. The van der Waals surface area contributed by atoms with Gasteiger partial charge >= 0.3 is 0 Å². The highest BCUT2D eigenvalue weighted by atomic mass is 16.5. The topological polar surface area (TPSA) is 63.9 Å². The number of ether oxygens (including phenoxy) is 1. The van der Waals surface area contributed by atoms with E-state index in [2.05, 4.69) is 41.2 Å². The fraction of sp³-hybridized carbons (Fsp3) is 0.438. The second-order valence-corrected chi connectivity index (χ2v) is 4.96. The summed E-state index contributed by atoms with van der Waals surface area (Å²) >= 11 is 0. The molecule has 1 aromatic carbocycles. The lowest BCUT2D eigenvalue weighted by molar-refractivity contribution is 0.202. The molecule has 0 aliphatic heterocycles. The number of rotatable bonds is 7. The maximum absolute atomic E-state index is 5.76. The van der Waals surface area contributed by atoms with E-state index in [1.54, 1.807) is 7.11 Å². The summed E-state index contributed by atoms with van der Waals surface area (Å²) in [5, 5.41) is 0. The van der Waals surface area contributed by atoms with Crippen molar-refractivity contribution in [2.45, 2.75) is 25.7 Å². The van der Waals surface area contributed by atoms with E-state index in [0.717, 1.165) is 36.5 Å². The average Bonchev–Trinajstić information content (AvgIpc) is 2.97. The normalized spacial score (nSPS) is 12.6. The van der Waals surface area contributed by atoms with E-state index in [1.807, 2.05) is 6.20 Å². The molecule has 0 radical (unpaired) electrons. The standard InChI is InChI=1S/C16H23N3O/c1-3-13(10-17)16-18-11-15(19-16)14-6-4-12(5-7-14)8-9-20-2/h4-7,11,13H,3,8-10,17H2,1-2H3,(H,18,19). The first-order valence-corrected chi connectivity index (χ1v) is 7.11. The van der Waals surface area contributed by atoms with Crippen molar-refractivity contribution < 1.29 is 4.74 Å². The average molecular weight is 273 g/mol. The summed E-state index contributed by atoms with van der Waals surface area (Å²) in [6.07, 6.45) is 3.83. The van der Waals surface area contributed by atoms with Crippen LogP contribution in [0.3, 0.4) is 0 Å². The maximum Gasteiger partial charge on any atom is 0.110 e. The molecule has 2 rings (SSSR count). The highest BCUT2D eigenvalue weighted by Crippen LogP contribution is 2.21. The van der Waals surface area contributed by atoms with E-state index in [0.29, 0.717) is 12.5 Å². The molecule has 0 aliphatic rings. The monoisotopic (exact) mass is 273 g/mol. The van der Waals surface area contributed by atoms with Gasteiger partial charge in [-0.2, -0.15) is 0 Å². The second-order valence-electron chi connectivity index (χ2n) is 4.96. The zero-order chi connectivity index (χ0) is 14.4. The Morgan fingerprint density at radius 2 is 2.05 bits per heavy atom. The summed E-state index contributed by atoms with van der Waals surface area (Å²) in [6.45, 7) is 3.51. The molecule has 108 valence electrons. The van der Waals surface area contributed by atoms with Crippen LogP contribution < -0.4 is 5.73 Å². The molecule has 1 aromatic heterocycles. The van der Waals surface area contributed by atoms with Gasteiger partial charge in [-0.1, -0.05) is 31.2 Å². The number of aromatic amines is 1. The number of aromatic nitrogens is 2. The van der Waals surface area contributed by atoms with Crippen LogP contribution in [0.1, 0.15) is 30.7 Å². The Morgan fingerprint density at radius 1 is 1.30 bits per heavy atom. The van der Waals surface area contributed by atoms with Gasteiger partial charge in [-0.3, -0.25) is 0 Å². The summed E-state index contributed by atoms with van der Waals surface area (Å²) < 4.78 is 5.09. The lowest BCUT2D eigenvalue weighted by Crippen LogP contribution is -2.12. The summed E-state index contributed by atoms with van der Waals surface area (Å²) in [5.74, 6) is 1.29. The zero-order valence-corrected chi connectivity index (χ0v) is 12.2. The zero-order valence-electron chi connectivity index (χ0n) is 12.2. The molecule has 0 fully saturated rings. The SMILES string of the molecule is CCC(CN)c1ncc(-c2ccc(CCOC)cc2)[nH]1. The van der Waals surface area contributed by atoms with Crippen molar-refractivity contribution in [2.75, 3.05) is 20.3 Å². The van der Waals surface area contributed by atoms with Gasteiger partial charge in [0.25, 0.3) is 0 Å². The lowest BCUT2D eigenvalue weighted by Gasteiger charge is -2.08. The van der Waals surface area contributed by atoms with Gasteiger partial charge in [0.1, 0.15) is 5.82 Å². The van der Waals surface area contributed by atoms with Gasteiger partial charge in [0, 0.05) is 19.6 Å². The highest BCUT2D eigenvalue weighted by Gasteiger charge is 2.11. The fourth-order valence-corrected chi connectivity index (χ4v) is 2.23. The minimum atomic E-state index is 0.310. The molecule has 0 spiro atoms. The minimum absolute atomic E-state index is 0.310. The van der Waals surface area contributed by atoms with E-state index in [1.165, 1.54) is 5.56 Å². The first-order valence-electron chi connectivity index (χ1n) is 7.11. The number of benzene rings is 1. The minimum Gasteiger partial charge on any atom is -0.384 e. The molecule has 1 atom stereocenters. The largest absolute Gasteiger partial charge is 0.384 e. The third kappa shape index (κ3) is 3.46. The third-order valence-electron chi connectivity index (χ3n) is 3.62. The predicted molar refractivity (Wildman–Crippen MR) is 81.7 cm³/mol. The Bertz CT molecular complexity index is 515. The van der Waals surface area contributed by atoms with Crippen molar-refractivity contribution in [1.29, 1.82) is 0 Å². The van der Waals surface area contributed by atoms with Crippen LogP contribution in [0.15, 0.2) is 30.5 Å². The third-order valence-corrected chi connectivity index (χ3v) is 3.62. The Kier molecular flexibility index (Phi) is 5.32. The molecule has 4 heteroatoms. The molecule has 1 heterocycles. The Hall–Kier alpha value is -1.65. The van der Waals surface area contributed by atoms with Crippen LogP contribution in [0.2, 0.25) is 0 Å².